The van der Waals surface area contributed by atoms with Gasteiger partial charge in [0.1, 0.15) is 0 Å². The van der Waals surface area contributed by atoms with Crippen LogP contribution in [0.2, 0.25) is 5.02 Å². The molecule has 0 spiro atoms. The molecule has 1 aromatic carbocycles. The van der Waals surface area contributed by atoms with Gasteiger partial charge in [0, 0.05) is 41.4 Å². The third-order valence-electron chi connectivity index (χ3n) is 3.78. The molecule has 124 valence electrons. The first-order chi connectivity index (χ1) is 11.0. The Morgan fingerprint density at radius 2 is 2.09 bits per heavy atom. The highest BCUT2D eigenvalue weighted by atomic mass is 35.5. The van der Waals surface area contributed by atoms with Gasteiger partial charge in [-0.05, 0) is 37.6 Å². The van der Waals surface area contributed by atoms with E-state index >= 15 is 0 Å². The van der Waals surface area contributed by atoms with Gasteiger partial charge in [-0.1, -0.05) is 23.7 Å². The zero-order chi connectivity index (χ0) is 16.8. The van der Waals surface area contributed by atoms with E-state index in [0.29, 0.717) is 12.4 Å². The average molecular weight is 352 g/mol. The number of ether oxygens (including phenoxy) is 1. The molecule has 23 heavy (non-hydrogen) atoms. The number of carbonyl (C=O) groups is 1. The molecular weight excluding hydrogens is 330 g/mol. The second-order valence-corrected chi connectivity index (χ2v) is 6.90. The summed E-state index contributed by atoms with van der Waals surface area (Å²) in [7, 11) is 1.69. The lowest BCUT2D eigenvalue weighted by Crippen LogP contribution is -2.09. The largest absolute Gasteiger partial charge is 0.383 e. The summed E-state index contributed by atoms with van der Waals surface area (Å²) in [5, 5.41) is 0.733. The maximum Gasteiger partial charge on any atom is 0.174 e. The molecule has 0 aliphatic heterocycles. The van der Waals surface area contributed by atoms with E-state index in [-0.39, 0.29) is 5.78 Å². The van der Waals surface area contributed by atoms with Crippen LogP contribution < -0.4 is 0 Å². The Bertz CT molecular complexity index is 682. The lowest BCUT2D eigenvalue weighted by molar-refractivity contribution is 0.102. The molecule has 2 rings (SSSR count). The Morgan fingerprint density at radius 3 is 2.78 bits per heavy atom. The van der Waals surface area contributed by atoms with Gasteiger partial charge < -0.3 is 9.30 Å². The number of hydrogen-bond donors (Lipinski definition) is 0. The molecular formula is C18H22ClNO2S. The SMILES string of the molecule is COCCn1c(C)cc(C(=O)CSCc2cccc(Cl)c2)c1C. The molecule has 0 aliphatic carbocycles. The molecule has 0 amide bonds. The van der Waals surface area contributed by atoms with Crippen LogP contribution in [-0.4, -0.2) is 29.8 Å². The van der Waals surface area contributed by atoms with Crippen LogP contribution in [-0.2, 0) is 17.0 Å². The lowest BCUT2D eigenvalue weighted by atomic mass is 10.2. The van der Waals surface area contributed by atoms with E-state index in [1.807, 2.05) is 44.2 Å². The highest BCUT2D eigenvalue weighted by Crippen LogP contribution is 2.20. The first-order valence-corrected chi connectivity index (χ1v) is 9.07. The van der Waals surface area contributed by atoms with Gasteiger partial charge in [0.15, 0.2) is 5.78 Å². The monoisotopic (exact) mass is 351 g/mol. The molecule has 1 heterocycles. The molecule has 1 aromatic heterocycles. The topological polar surface area (TPSA) is 31.2 Å². The molecule has 5 heteroatoms. The van der Waals surface area contributed by atoms with Crippen molar-refractivity contribution in [2.45, 2.75) is 26.1 Å². The third kappa shape index (κ3) is 4.87. The first kappa shape index (κ1) is 18.1. The minimum Gasteiger partial charge on any atom is -0.383 e. The second-order valence-electron chi connectivity index (χ2n) is 5.48. The van der Waals surface area contributed by atoms with E-state index in [9.17, 15) is 4.79 Å². The van der Waals surface area contributed by atoms with E-state index in [1.165, 1.54) is 0 Å². The van der Waals surface area contributed by atoms with Crippen LogP contribution in [0.15, 0.2) is 30.3 Å². The zero-order valence-electron chi connectivity index (χ0n) is 13.8. The van der Waals surface area contributed by atoms with Crippen LogP contribution in [0.5, 0.6) is 0 Å². The van der Waals surface area contributed by atoms with E-state index in [0.717, 1.165) is 39.8 Å². The number of Topliss-reactive ketones (excluding diaryl/α,β-unsaturated/α-hetero) is 1. The zero-order valence-corrected chi connectivity index (χ0v) is 15.3. The lowest BCUT2D eigenvalue weighted by Gasteiger charge is -2.08. The number of nitrogens with zero attached hydrogens (tertiary/aromatic N) is 1. The molecule has 2 aromatic rings. The highest BCUT2D eigenvalue weighted by Gasteiger charge is 2.15. The van der Waals surface area contributed by atoms with Crippen molar-refractivity contribution in [2.24, 2.45) is 0 Å². The fraction of sp³-hybridized carbons (Fsp3) is 0.389. The van der Waals surface area contributed by atoms with Crippen LogP contribution in [0.3, 0.4) is 0 Å². The smallest absolute Gasteiger partial charge is 0.174 e. The Hall–Kier alpha value is -1.23. The summed E-state index contributed by atoms with van der Waals surface area (Å²) >= 11 is 7.59. The number of ketones is 1. The average Bonchev–Trinajstić information content (AvgIpc) is 2.80. The summed E-state index contributed by atoms with van der Waals surface area (Å²) in [5.74, 6) is 1.43. The number of carbonyl (C=O) groups excluding carboxylic acids is 1. The van der Waals surface area contributed by atoms with Crippen LogP contribution in [0, 0.1) is 13.8 Å². The molecule has 0 radical (unpaired) electrons. The Balaban J connectivity index is 1.95. The predicted molar refractivity (Wildman–Crippen MR) is 97.7 cm³/mol. The van der Waals surface area contributed by atoms with Crippen molar-refractivity contribution in [3.8, 4) is 0 Å². The highest BCUT2D eigenvalue weighted by molar-refractivity contribution is 7.99. The number of rotatable bonds is 8. The third-order valence-corrected chi connectivity index (χ3v) is 5.02. The van der Waals surface area contributed by atoms with E-state index in [2.05, 4.69) is 4.57 Å². The number of methoxy groups -OCH3 is 1. The maximum absolute atomic E-state index is 12.5. The number of thioether (sulfide) groups is 1. The van der Waals surface area contributed by atoms with Gasteiger partial charge in [0.2, 0.25) is 0 Å². The number of aryl methyl sites for hydroxylation is 1. The fourth-order valence-electron chi connectivity index (χ4n) is 2.58. The second kappa shape index (κ2) is 8.57. The molecule has 0 aliphatic rings. The summed E-state index contributed by atoms with van der Waals surface area (Å²) in [6.07, 6.45) is 0. The van der Waals surface area contributed by atoms with Gasteiger partial charge in [-0.3, -0.25) is 4.79 Å². The van der Waals surface area contributed by atoms with Gasteiger partial charge >= 0.3 is 0 Å². The van der Waals surface area contributed by atoms with Crippen LogP contribution in [0.4, 0.5) is 0 Å². The van der Waals surface area contributed by atoms with E-state index in [4.69, 9.17) is 16.3 Å². The van der Waals surface area contributed by atoms with Crippen molar-refractivity contribution in [3.63, 3.8) is 0 Å². The fourth-order valence-corrected chi connectivity index (χ4v) is 3.65. The normalized spacial score (nSPS) is 11.0. The van der Waals surface area contributed by atoms with Crippen LogP contribution in [0.25, 0.3) is 0 Å². The summed E-state index contributed by atoms with van der Waals surface area (Å²) in [5.41, 5.74) is 4.08. The van der Waals surface area contributed by atoms with E-state index in [1.54, 1.807) is 18.9 Å². The molecule has 0 unspecified atom stereocenters. The van der Waals surface area contributed by atoms with Gasteiger partial charge in [-0.2, -0.15) is 0 Å². The van der Waals surface area contributed by atoms with E-state index < -0.39 is 0 Å². The molecule has 0 fully saturated rings. The van der Waals surface area contributed by atoms with Gasteiger partial charge in [-0.15, -0.1) is 11.8 Å². The Labute approximate surface area is 147 Å². The van der Waals surface area contributed by atoms with Gasteiger partial charge in [0.05, 0.1) is 12.4 Å². The molecule has 0 saturated heterocycles. The molecule has 0 atom stereocenters. The summed E-state index contributed by atoms with van der Waals surface area (Å²) in [4.78, 5) is 12.5. The van der Waals surface area contributed by atoms with Gasteiger partial charge in [0.25, 0.3) is 0 Å². The number of halogens is 1. The van der Waals surface area contributed by atoms with Crippen molar-refractivity contribution in [2.75, 3.05) is 19.5 Å². The minimum absolute atomic E-state index is 0.175. The molecule has 0 N–H and O–H groups in total. The van der Waals surface area contributed by atoms with Crippen molar-refractivity contribution >= 4 is 29.1 Å². The first-order valence-electron chi connectivity index (χ1n) is 7.54. The van der Waals surface area contributed by atoms with Crippen molar-refractivity contribution < 1.29 is 9.53 Å². The van der Waals surface area contributed by atoms with Crippen molar-refractivity contribution in [3.05, 3.63) is 57.9 Å². The molecule has 0 saturated carbocycles. The number of benzene rings is 1. The summed E-state index contributed by atoms with van der Waals surface area (Å²) in [6, 6.07) is 9.74. The number of hydrogen-bond acceptors (Lipinski definition) is 3. The Morgan fingerprint density at radius 1 is 1.30 bits per heavy atom. The van der Waals surface area contributed by atoms with Crippen LogP contribution in [0.1, 0.15) is 27.3 Å². The summed E-state index contributed by atoms with van der Waals surface area (Å²) in [6.45, 7) is 5.45. The minimum atomic E-state index is 0.175. The van der Waals surface area contributed by atoms with Crippen molar-refractivity contribution in [1.82, 2.24) is 4.57 Å². The van der Waals surface area contributed by atoms with Crippen molar-refractivity contribution in [1.29, 1.82) is 0 Å². The predicted octanol–water partition coefficient (Wildman–Crippen LogP) is 4.52. The summed E-state index contributed by atoms with van der Waals surface area (Å²) < 4.78 is 7.27. The molecule has 0 bridgehead atoms. The van der Waals surface area contributed by atoms with Crippen LogP contribution >= 0.6 is 23.4 Å². The number of aromatic nitrogens is 1. The quantitative estimate of drug-likeness (QED) is 0.655. The standard InChI is InChI=1S/C18H22ClNO2S/c1-13-9-17(14(2)20(13)7-8-22-3)18(21)12-23-11-15-5-4-6-16(19)10-15/h4-6,9-10H,7-8,11-12H2,1-3H3. The Kier molecular flexibility index (Phi) is 6.75. The maximum atomic E-state index is 12.5. The molecule has 3 nitrogen and oxygen atoms in total. The van der Waals surface area contributed by atoms with Gasteiger partial charge in [-0.25, -0.2) is 0 Å².